The molecule has 0 aliphatic rings. The average Bonchev–Trinajstić information content (AvgIpc) is 2.20. The van der Waals surface area contributed by atoms with Gasteiger partial charge in [-0.3, -0.25) is 0 Å². The van der Waals surface area contributed by atoms with Gasteiger partial charge in [0.25, 0.3) is 0 Å². The number of hydrogen-bond donors (Lipinski definition) is 2. The highest BCUT2D eigenvalue weighted by Gasteiger charge is 2.05. The SMILES string of the molecule is Nc1cc(-c2ccc(Cl)c(Cl)c2)nc(N)n1. The summed E-state index contributed by atoms with van der Waals surface area (Å²) in [5.41, 5.74) is 12.5. The second-order valence-electron chi connectivity index (χ2n) is 3.17. The lowest BCUT2D eigenvalue weighted by atomic mass is 10.1. The van der Waals surface area contributed by atoms with Gasteiger partial charge in [-0.2, -0.15) is 4.98 Å². The molecule has 0 saturated carbocycles. The lowest BCUT2D eigenvalue weighted by Crippen LogP contribution is -2.00. The zero-order valence-electron chi connectivity index (χ0n) is 8.11. The van der Waals surface area contributed by atoms with Crippen LogP contribution in [0.2, 0.25) is 10.0 Å². The first kappa shape index (κ1) is 11.0. The van der Waals surface area contributed by atoms with Crippen molar-refractivity contribution in [3.8, 4) is 11.3 Å². The number of nitrogens with zero attached hydrogens (tertiary/aromatic N) is 2. The molecular weight excluding hydrogens is 247 g/mol. The largest absolute Gasteiger partial charge is 0.384 e. The summed E-state index contributed by atoms with van der Waals surface area (Å²) in [6.45, 7) is 0. The molecule has 2 rings (SSSR count). The number of nitrogen functional groups attached to an aromatic ring is 2. The van der Waals surface area contributed by atoms with Gasteiger partial charge >= 0.3 is 0 Å². The quantitative estimate of drug-likeness (QED) is 0.820. The fraction of sp³-hybridized carbons (Fsp3) is 0. The summed E-state index contributed by atoms with van der Waals surface area (Å²) in [5.74, 6) is 0.439. The number of benzene rings is 1. The maximum atomic E-state index is 5.91. The maximum absolute atomic E-state index is 5.91. The molecule has 0 aliphatic heterocycles. The van der Waals surface area contributed by atoms with Crippen molar-refractivity contribution in [2.75, 3.05) is 11.5 Å². The van der Waals surface area contributed by atoms with Crippen molar-refractivity contribution < 1.29 is 0 Å². The minimum atomic E-state index is 0.126. The molecule has 6 heteroatoms. The van der Waals surface area contributed by atoms with Gasteiger partial charge in [-0.25, -0.2) is 4.98 Å². The average molecular weight is 255 g/mol. The molecule has 0 radical (unpaired) electrons. The van der Waals surface area contributed by atoms with Crippen LogP contribution < -0.4 is 11.5 Å². The van der Waals surface area contributed by atoms with Crippen LogP contribution in [0.25, 0.3) is 11.3 Å². The van der Waals surface area contributed by atoms with E-state index in [0.29, 0.717) is 21.6 Å². The number of nitrogens with two attached hydrogens (primary N) is 2. The van der Waals surface area contributed by atoms with Crippen LogP contribution in [0.3, 0.4) is 0 Å². The van der Waals surface area contributed by atoms with Gasteiger partial charge in [-0.15, -0.1) is 0 Å². The molecule has 16 heavy (non-hydrogen) atoms. The van der Waals surface area contributed by atoms with Crippen molar-refractivity contribution in [3.05, 3.63) is 34.3 Å². The third kappa shape index (κ3) is 2.18. The Hall–Kier alpha value is -1.52. The summed E-state index contributed by atoms with van der Waals surface area (Å²) in [4.78, 5) is 7.85. The topological polar surface area (TPSA) is 77.8 Å². The number of rotatable bonds is 1. The zero-order chi connectivity index (χ0) is 11.7. The highest BCUT2D eigenvalue weighted by molar-refractivity contribution is 6.42. The molecule has 0 fully saturated rings. The molecule has 4 N–H and O–H groups in total. The Kier molecular flexibility index (Phi) is 2.85. The monoisotopic (exact) mass is 254 g/mol. The van der Waals surface area contributed by atoms with Gasteiger partial charge in [0.15, 0.2) is 0 Å². The number of hydrogen-bond acceptors (Lipinski definition) is 4. The van der Waals surface area contributed by atoms with Crippen molar-refractivity contribution in [1.82, 2.24) is 9.97 Å². The summed E-state index contributed by atoms with van der Waals surface area (Å²) < 4.78 is 0. The van der Waals surface area contributed by atoms with Crippen LogP contribution in [0.4, 0.5) is 11.8 Å². The molecule has 82 valence electrons. The second-order valence-corrected chi connectivity index (χ2v) is 3.98. The van der Waals surface area contributed by atoms with E-state index in [2.05, 4.69) is 9.97 Å². The Morgan fingerprint density at radius 2 is 1.69 bits per heavy atom. The fourth-order valence-electron chi connectivity index (χ4n) is 1.29. The van der Waals surface area contributed by atoms with Crippen LogP contribution in [0.1, 0.15) is 0 Å². The molecule has 0 spiro atoms. The normalized spacial score (nSPS) is 10.4. The van der Waals surface area contributed by atoms with Crippen molar-refractivity contribution in [3.63, 3.8) is 0 Å². The van der Waals surface area contributed by atoms with Crippen LogP contribution in [0.15, 0.2) is 24.3 Å². The summed E-state index contributed by atoms with van der Waals surface area (Å²) >= 11 is 11.7. The summed E-state index contributed by atoms with van der Waals surface area (Å²) in [6, 6.07) is 6.80. The second kappa shape index (κ2) is 4.15. The lowest BCUT2D eigenvalue weighted by molar-refractivity contribution is 1.20. The minimum Gasteiger partial charge on any atom is -0.384 e. The Morgan fingerprint density at radius 3 is 2.31 bits per heavy atom. The Bertz CT molecular complexity index is 522. The van der Waals surface area contributed by atoms with Gasteiger partial charge in [-0.05, 0) is 12.1 Å². The summed E-state index contributed by atoms with van der Waals surface area (Å²) in [5, 5.41) is 0.940. The maximum Gasteiger partial charge on any atom is 0.222 e. The molecule has 0 aliphatic carbocycles. The predicted octanol–water partition coefficient (Wildman–Crippen LogP) is 2.61. The first-order valence-corrected chi connectivity index (χ1v) is 5.17. The molecule has 0 amide bonds. The minimum absolute atomic E-state index is 0.126. The molecule has 0 atom stereocenters. The molecule has 4 nitrogen and oxygen atoms in total. The van der Waals surface area contributed by atoms with E-state index in [1.807, 2.05) is 0 Å². The third-order valence-corrected chi connectivity index (χ3v) is 2.72. The van der Waals surface area contributed by atoms with Gasteiger partial charge in [0, 0.05) is 11.6 Å². The van der Waals surface area contributed by atoms with Crippen LogP contribution in [0, 0.1) is 0 Å². The zero-order valence-corrected chi connectivity index (χ0v) is 9.63. The number of aromatic nitrogens is 2. The Balaban J connectivity index is 2.54. The van der Waals surface area contributed by atoms with E-state index in [0.717, 1.165) is 5.56 Å². The standard InChI is InChI=1S/C10H8Cl2N4/c11-6-2-1-5(3-7(6)12)8-4-9(13)16-10(14)15-8/h1-4H,(H4,13,14,15,16). The lowest BCUT2D eigenvalue weighted by Gasteiger charge is -2.04. The molecule has 1 aromatic carbocycles. The molecule has 0 saturated heterocycles. The Labute approximate surface area is 102 Å². The van der Waals surface area contributed by atoms with Crippen LogP contribution >= 0.6 is 23.2 Å². The van der Waals surface area contributed by atoms with Gasteiger partial charge in [-0.1, -0.05) is 29.3 Å². The third-order valence-electron chi connectivity index (χ3n) is 1.98. The van der Waals surface area contributed by atoms with E-state index in [1.54, 1.807) is 24.3 Å². The van der Waals surface area contributed by atoms with Crippen molar-refractivity contribution in [2.45, 2.75) is 0 Å². The van der Waals surface area contributed by atoms with E-state index in [-0.39, 0.29) is 5.95 Å². The van der Waals surface area contributed by atoms with E-state index in [1.165, 1.54) is 0 Å². The molecule has 0 bridgehead atoms. The number of anilines is 2. The van der Waals surface area contributed by atoms with E-state index in [4.69, 9.17) is 34.7 Å². The van der Waals surface area contributed by atoms with E-state index >= 15 is 0 Å². The van der Waals surface area contributed by atoms with Gasteiger partial charge < -0.3 is 11.5 Å². The first-order valence-electron chi connectivity index (χ1n) is 4.42. The fourth-order valence-corrected chi connectivity index (χ4v) is 1.59. The highest BCUT2D eigenvalue weighted by Crippen LogP contribution is 2.28. The summed E-state index contributed by atoms with van der Waals surface area (Å²) in [6.07, 6.45) is 0. The van der Waals surface area contributed by atoms with Crippen LogP contribution in [-0.2, 0) is 0 Å². The Morgan fingerprint density at radius 1 is 0.938 bits per heavy atom. The first-order chi connectivity index (χ1) is 7.56. The molecule has 0 unspecified atom stereocenters. The summed E-state index contributed by atoms with van der Waals surface area (Å²) in [7, 11) is 0. The van der Waals surface area contributed by atoms with Crippen molar-refractivity contribution in [2.24, 2.45) is 0 Å². The molecule has 1 aromatic heterocycles. The van der Waals surface area contributed by atoms with Crippen LogP contribution in [0.5, 0.6) is 0 Å². The van der Waals surface area contributed by atoms with Gasteiger partial charge in [0.1, 0.15) is 5.82 Å². The molecular formula is C10H8Cl2N4. The van der Waals surface area contributed by atoms with Crippen LogP contribution in [-0.4, -0.2) is 9.97 Å². The predicted molar refractivity (Wildman–Crippen MR) is 66.3 cm³/mol. The molecule has 1 heterocycles. The van der Waals surface area contributed by atoms with E-state index < -0.39 is 0 Å². The highest BCUT2D eigenvalue weighted by atomic mass is 35.5. The number of halogens is 2. The molecule has 2 aromatic rings. The van der Waals surface area contributed by atoms with Crippen molar-refractivity contribution >= 4 is 35.0 Å². The van der Waals surface area contributed by atoms with Crippen molar-refractivity contribution in [1.29, 1.82) is 0 Å². The van der Waals surface area contributed by atoms with Gasteiger partial charge in [0.2, 0.25) is 5.95 Å². The van der Waals surface area contributed by atoms with E-state index in [9.17, 15) is 0 Å². The smallest absolute Gasteiger partial charge is 0.222 e. The van der Waals surface area contributed by atoms with Gasteiger partial charge in [0.05, 0.1) is 15.7 Å².